The fraction of sp³-hybridized carbons (Fsp3) is 0.176. The third-order valence-corrected chi connectivity index (χ3v) is 3.44. The average molecular weight is 279 g/mol. The Kier molecular flexibility index (Phi) is 3.69. The van der Waals surface area contributed by atoms with Crippen molar-refractivity contribution in [1.82, 2.24) is 0 Å². The summed E-state index contributed by atoms with van der Waals surface area (Å²) in [7, 11) is 0. The van der Waals surface area contributed by atoms with Crippen molar-refractivity contribution in [3.05, 3.63) is 54.6 Å². The molecule has 1 amide bonds. The van der Waals surface area contributed by atoms with Gasteiger partial charge >= 0.3 is 0 Å². The summed E-state index contributed by atoms with van der Waals surface area (Å²) in [6, 6.07) is 17.6. The molecular formula is C17H17N3O. The first-order chi connectivity index (χ1) is 10.3. The third kappa shape index (κ3) is 2.79. The summed E-state index contributed by atoms with van der Waals surface area (Å²) in [5.74, 6) is 0.735. The van der Waals surface area contributed by atoms with Crippen molar-refractivity contribution < 1.29 is 4.79 Å². The molecule has 1 aliphatic heterocycles. The smallest absolute Gasteiger partial charge is 0.232 e. The van der Waals surface area contributed by atoms with Gasteiger partial charge in [-0.3, -0.25) is 4.79 Å². The molecule has 1 N–H and O–H groups in total. The van der Waals surface area contributed by atoms with Crippen LogP contribution in [-0.4, -0.2) is 18.3 Å². The predicted octanol–water partition coefficient (Wildman–Crippen LogP) is 3.59. The molecule has 21 heavy (non-hydrogen) atoms. The minimum absolute atomic E-state index is 0.0342. The molecule has 4 heteroatoms. The van der Waals surface area contributed by atoms with E-state index in [0.29, 0.717) is 0 Å². The van der Waals surface area contributed by atoms with Crippen molar-refractivity contribution in [1.29, 1.82) is 0 Å². The highest BCUT2D eigenvalue weighted by molar-refractivity contribution is 6.15. The number of amides is 1. The van der Waals surface area contributed by atoms with Gasteiger partial charge in [0.1, 0.15) is 5.84 Å². The summed E-state index contributed by atoms with van der Waals surface area (Å²) < 4.78 is 0. The number of hydrogen-bond donors (Lipinski definition) is 1. The van der Waals surface area contributed by atoms with Gasteiger partial charge in [0.05, 0.1) is 17.8 Å². The number of amidine groups is 1. The number of anilines is 2. The fourth-order valence-electron chi connectivity index (χ4n) is 2.47. The first-order valence-electron chi connectivity index (χ1n) is 7.07. The normalized spacial score (nSPS) is 13.8. The van der Waals surface area contributed by atoms with Crippen LogP contribution in [0.3, 0.4) is 0 Å². The molecule has 1 heterocycles. The number of fused-ring (bicyclic) bond motifs is 1. The zero-order chi connectivity index (χ0) is 14.7. The summed E-state index contributed by atoms with van der Waals surface area (Å²) in [5.41, 5.74) is 2.61. The first-order valence-corrected chi connectivity index (χ1v) is 7.07. The quantitative estimate of drug-likeness (QED) is 0.913. The second-order valence-corrected chi connectivity index (χ2v) is 4.85. The third-order valence-electron chi connectivity index (χ3n) is 3.44. The highest BCUT2D eigenvalue weighted by Crippen LogP contribution is 2.28. The van der Waals surface area contributed by atoms with Crippen molar-refractivity contribution in [3.63, 3.8) is 0 Å². The van der Waals surface area contributed by atoms with Crippen molar-refractivity contribution >= 4 is 28.8 Å². The minimum atomic E-state index is -0.0342. The van der Waals surface area contributed by atoms with E-state index in [1.807, 2.05) is 54.6 Å². The zero-order valence-electron chi connectivity index (χ0n) is 11.9. The molecule has 0 unspecified atom stereocenters. The van der Waals surface area contributed by atoms with Crippen LogP contribution in [-0.2, 0) is 4.79 Å². The van der Waals surface area contributed by atoms with Gasteiger partial charge in [-0.05, 0) is 31.2 Å². The first kappa shape index (κ1) is 13.4. The lowest BCUT2D eigenvalue weighted by atomic mass is 10.2. The van der Waals surface area contributed by atoms with Crippen LogP contribution in [0.5, 0.6) is 0 Å². The van der Waals surface area contributed by atoms with E-state index in [2.05, 4.69) is 17.1 Å². The Morgan fingerprint density at radius 3 is 2.57 bits per heavy atom. The molecule has 0 aliphatic carbocycles. The highest BCUT2D eigenvalue weighted by Gasteiger charge is 2.20. The van der Waals surface area contributed by atoms with Crippen molar-refractivity contribution in [2.75, 3.05) is 16.8 Å². The topological polar surface area (TPSA) is 44.7 Å². The van der Waals surface area contributed by atoms with Crippen LogP contribution in [0, 0.1) is 0 Å². The van der Waals surface area contributed by atoms with Crippen LogP contribution < -0.4 is 10.2 Å². The maximum Gasteiger partial charge on any atom is 0.232 e. The minimum Gasteiger partial charge on any atom is -0.330 e. The van der Waals surface area contributed by atoms with Crippen LogP contribution in [0.2, 0.25) is 0 Å². The lowest BCUT2D eigenvalue weighted by Gasteiger charge is -2.23. The Balaban J connectivity index is 2.04. The summed E-state index contributed by atoms with van der Waals surface area (Å²) in [5, 5.41) is 2.90. The molecule has 0 saturated heterocycles. The maximum absolute atomic E-state index is 12.1. The molecule has 0 fully saturated rings. The van der Waals surface area contributed by atoms with E-state index in [1.165, 1.54) is 0 Å². The SMILES string of the molecule is CCN(C1=Nc2ccccc2NC(=O)C1)c1ccccc1. The second-order valence-electron chi connectivity index (χ2n) is 4.85. The van der Waals surface area contributed by atoms with Crippen LogP contribution in [0.1, 0.15) is 13.3 Å². The number of benzene rings is 2. The molecule has 0 bridgehead atoms. The number of nitrogens with one attached hydrogen (secondary N) is 1. The predicted molar refractivity (Wildman–Crippen MR) is 86.2 cm³/mol. The van der Waals surface area contributed by atoms with Gasteiger partial charge in [-0.15, -0.1) is 0 Å². The molecule has 2 aromatic carbocycles. The molecule has 0 saturated carbocycles. The lowest BCUT2D eigenvalue weighted by Crippen LogP contribution is -2.32. The van der Waals surface area contributed by atoms with Gasteiger partial charge in [-0.25, -0.2) is 4.99 Å². The van der Waals surface area contributed by atoms with Gasteiger partial charge in [0, 0.05) is 12.2 Å². The number of carbonyl (C=O) groups excluding carboxylic acids is 1. The van der Waals surface area contributed by atoms with Crippen molar-refractivity contribution in [3.8, 4) is 0 Å². The Bertz CT molecular complexity index is 679. The van der Waals surface area contributed by atoms with Crippen molar-refractivity contribution in [2.45, 2.75) is 13.3 Å². The van der Waals surface area contributed by atoms with E-state index in [1.54, 1.807) is 0 Å². The molecule has 0 aromatic heterocycles. The van der Waals surface area contributed by atoms with Gasteiger partial charge < -0.3 is 10.2 Å². The van der Waals surface area contributed by atoms with Crippen LogP contribution in [0.4, 0.5) is 17.1 Å². The van der Waals surface area contributed by atoms with Crippen molar-refractivity contribution in [2.24, 2.45) is 4.99 Å². The number of nitrogens with zero attached hydrogens (tertiary/aromatic N) is 2. The Morgan fingerprint density at radius 1 is 1.10 bits per heavy atom. The molecule has 0 radical (unpaired) electrons. The molecule has 4 nitrogen and oxygen atoms in total. The monoisotopic (exact) mass is 279 g/mol. The van der Waals surface area contributed by atoms with Gasteiger partial charge in [0.2, 0.25) is 5.91 Å². The molecule has 0 spiro atoms. The van der Waals surface area contributed by atoms with E-state index in [9.17, 15) is 4.79 Å². The number of carbonyl (C=O) groups is 1. The largest absolute Gasteiger partial charge is 0.330 e. The van der Waals surface area contributed by atoms with Crippen LogP contribution in [0.25, 0.3) is 0 Å². The van der Waals surface area contributed by atoms with E-state index in [0.717, 1.165) is 29.4 Å². The molecule has 106 valence electrons. The molecular weight excluding hydrogens is 262 g/mol. The number of para-hydroxylation sites is 3. The second kappa shape index (κ2) is 5.79. The lowest BCUT2D eigenvalue weighted by molar-refractivity contribution is -0.115. The molecule has 0 atom stereocenters. The summed E-state index contributed by atoms with van der Waals surface area (Å²) in [4.78, 5) is 18.9. The summed E-state index contributed by atoms with van der Waals surface area (Å²) in [6.07, 6.45) is 0.275. The van der Waals surface area contributed by atoms with E-state index in [-0.39, 0.29) is 12.3 Å². The standard InChI is InChI=1S/C17H17N3O/c1-2-20(13-8-4-3-5-9-13)16-12-17(21)19-15-11-7-6-10-14(15)18-16/h3-11H,2,12H2,1H3,(H,19,21). The zero-order valence-corrected chi connectivity index (χ0v) is 11.9. The summed E-state index contributed by atoms with van der Waals surface area (Å²) >= 11 is 0. The highest BCUT2D eigenvalue weighted by atomic mass is 16.1. The van der Waals surface area contributed by atoms with E-state index >= 15 is 0 Å². The van der Waals surface area contributed by atoms with Gasteiger partial charge in [0.25, 0.3) is 0 Å². The average Bonchev–Trinajstić information content (AvgIpc) is 2.67. The maximum atomic E-state index is 12.1. The molecule has 2 aromatic rings. The summed E-state index contributed by atoms with van der Waals surface area (Å²) in [6.45, 7) is 2.82. The van der Waals surface area contributed by atoms with E-state index < -0.39 is 0 Å². The fourth-order valence-corrected chi connectivity index (χ4v) is 2.47. The molecule has 3 rings (SSSR count). The Labute approximate surface area is 124 Å². The number of rotatable bonds is 2. The molecule has 1 aliphatic rings. The van der Waals surface area contributed by atoms with Gasteiger partial charge in [-0.2, -0.15) is 0 Å². The Morgan fingerprint density at radius 2 is 1.81 bits per heavy atom. The van der Waals surface area contributed by atoms with Gasteiger partial charge in [0.15, 0.2) is 0 Å². The number of aliphatic imine (C=N–C) groups is 1. The Hall–Kier alpha value is -2.62. The van der Waals surface area contributed by atoms with Crippen LogP contribution in [0.15, 0.2) is 59.6 Å². The van der Waals surface area contributed by atoms with E-state index in [4.69, 9.17) is 4.99 Å². The number of hydrogen-bond acceptors (Lipinski definition) is 3. The van der Waals surface area contributed by atoms with Crippen LogP contribution >= 0.6 is 0 Å². The van der Waals surface area contributed by atoms with Gasteiger partial charge in [-0.1, -0.05) is 30.3 Å².